The zero-order chi connectivity index (χ0) is 15.3. The van der Waals surface area contributed by atoms with Crippen LogP contribution in [0.5, 0.6) is 5.75 Å². The summed E-state index contributed by atoms with van der Waals surface area (Å²) >= 11 is 0. The predicted molar refractivity (Wildman–Crippen MR) is 78.5 cm³/mol. The molecule has 0 bridgehead atoms. The molecule has 1 atom stereocenters. The Labute approximate surface area is 122 Å². The molecule has 0 saturated heterocycles. The Kier molecular flexibility index (Phi) is 4.73. The van der Waals surface area contributed by atoms with Crippen molar-refractivity contribution in [2.75, 3.05) is 6.66 Å². The van der Waals surface area contributed by atoms with E-state index in [4.69, 9.17) is 9.05 Å². The van der Waals surface area contributed by atoms with Gasteiger partial charge in [0, 0.05) is 18.8 Å². The van der Waals surface area contributed by atoms with Crippen LogP contribution >= 0.6 is 7.60 Å². The molecular weight excluding hydrogens is 293 g/mol. The van der Waals surface area contributed by atoms with Gasteiger partial charge in [0.2, 0.25) is 0 Å². The number of non-ortho nitro benzene ring substituents is 1. The minimum atomic E-state index is -3.29. The van der Waals surface area contributed by atoms with Gasteiger partial charge in [-0.1, -0.05) is 30.3 Å². The third kappa shape index (κ3) is 4.70. The molecule has 0 saturated carbocycles. The van der Waals surface area contributed by atoms with Gasteiger partial charge in [0.25, 0.3) is 5.69 Å². The lowest BCUT2D eigenvalue weighted by atomic mass is 10.2. The molecule has 2 rings (SSSR count). The first-order valence-electron chi connectivity index (χ1n) is 6.16. The van der Waals surface area contributed by atoms with Gasteiger partial charge in [-0.25, -0.2) is 4.57 Å². The van der Waals surface area contributed by atoms with Crippen molar-refractivity contribution in [2.24, 2.45) is 0 Å². The molecule has 0 aliphatic heterocycles. The van der Waals surface area contributed by atoms with E-state index in [0.29, 0.717) is 0 Å². The van der Waals surface area contributed by atoms with Gasteiger partial charge in [-0.2, -0.15) is 0 Å². The zero-order valence-corrected chi connectivity index (χ0v) is 12.2. The van der Waals surface area contributed by atoms with E-state index in [2.05, 4.69) is 0 Å². The molecule has 0 heterocycles. The number of hydrogen-bond acceptors (Lipinski definition) is 5. The van der Waals surface area contributed by atoms with Crippen LogP contribution in [0.25, 0.3) is 0 Å². The van der Waals surface area contributed by atoms with Gasteiger partial charge < -0.3 is 4.52 Å². The summed E-state index contributed by atoms with van der Waals surface area (Å²) in [6, 6.07) is 14.6. The fourth-order valence-corrected chi connectivity index (χ4v) is 2.55. The lowest BCUT2D eigenvalue weighted by molar-refractivity contribution is -0.384. The summed E-state index contributed by atoms with van der Waals surface area (Å²) in [6.07, 6.45) is 0. The van der Waals surface area contributed by atoms with E-state index in [1.54, 1.807) is 0 Å². The molecule has 6 nitrogen and oxygen atoms in total. The largest absolute Gasteiger partial charge is 0.425 e. The highest BCUT2D eigenvalue weighted by atomic mass is 31.2. The highest BCUT2D eigenvalue weighted by molar-refractivity contribution is 7.53. The van der Waals surface area contributed by atoms with Gasteiger partial charge in [-0.15, -0.1) is 0 Å². The normalized spacial score (nSPS) is 13.4. The van der Waals surface area contributed by atoms with Crippen molar-refractivity contribution in [3.05, 3.63) is 70.3 Å². The zero-order valence-electron chi connectivity index (χ0n) is 11.3. The SMILES string of the molecule is C[P@](=O)(OCc1ccccc1)Oc1ccc([N+](=O)[O-])cc1. The smallest absolute Gasteiger partial charge is 0.376 e. The van der Waals surface area contributed by atoms with Crippen LogP contribution in [0.4, 0.5) is 5.69 Å². The molecule has 0 aliphatic rings. The summed E-state index contributed by atoms with van der Waals surface area (Å²) in [5, 5.41) is 10.5. The second-order valence-corrected chi connectivity index (χ2v) is 6.36. The fraction of sp³-hybridized carbons (Fsp3) is 0.143. The average Bonchev–Trinajstić information content (AvgIpc) is 2.46. The maximum Gasteiger partial charge on any atom is 0.376 e. The molecule has 0 fully saturated rings. The Morgan fingerprint density at radius 3 is 2.29 bits per heavy atom. The van der Waals surface area contributed by atoms with E-state index >= 15 is 0 Å². The first-order chi connectivity index (χ1) is 9.96. The summed E-state index contributed by atoms with van der Waals surface area (Å²) in [5.41, 5.74) is 0.824. The monoisotopic (exact) mass is 307 g/mol. The number of rotatable bonds is 6. The Morgan fingerprint density at radius 1 is 1.10 bits per heavy atom. The Morgan fingerprint density at radius 2 is 1.71 bits per heavy atom. The topological polar surface area (TPSA) is 78.7 Å². The number of nitro groups is 1. The number of benzene rings is 2. The highest BCUT2D eigenvalue weighted by Crippen LogP contribution is 2.45. The van der Waals surface area contributed by atoms with Crippen molar-refractivity contribution in [3.63, 3.8) is 0 Å². The molecule has 0 amide bonds. The minimum Gasteiger partial charge on any atom is -0.425 e. The molecule has 0 aliphatic carbocycles. The molecule has 0 spiro atoms. The number of nitro benzene ring substituents is 1. The van der Waals surface area contributed by atoms with Crippen molar-refractivity contribution in [3.8, 4) is 5.75 Å². The lowest BCUT2D eigenvalue weighted by Gasteiger charge is -2.15. The van der Waals surface area contributed by atoms with E-state index in [1.165, 1.54) is 30.9 Å². The first-order valence-corrected chi connectivity index (χ1v) is 8.15. The first kappa shape index (κ1) is 15.2. The van der Waals surface area contributed by atoms with E-state index in [0.717, 1.165) is 5.56 Å². The molecule has 0 radical (unpaired) electrons. The van der Waals surface area contributed by atoms with E-state index in [1.807, 2.05) is 30.3 Å². The van der Waals surface area contributed by atoms with E-state index in [-0.39, 0.29) is 18.0 Å². The van der Waals surface area contributed by atoms with Crippen LogP contribution in [0, 0.1) is 10.1 Å². The highest BCUT2D eigenvalue weighted by Gasteiger charge is 2.19. The van der Waals surface area contributed by atoms with Crippen LogP contribution in [0.3, 0.4) is 0 Å². The van der Waals surface area contributed by atoms with Crippen LogP contribution in [-0.4, -0.2) is 11.6 Å². The summed E-state index contributed by atoms with van der Waals surface area (Å²) in [7, 11) is -3.29. The van der Waals surface area contributed by atoms with Crippen LogP contribution in [0.15, 0.2) is 54.6 Å². The van der Waals surface area contributed by atoms with Crippen molar-refractivity contribution in [1.82, 2.24) is 0 Å². The number of nitrogens with zero attached hydrogens (tertiary/aromatic N) is 1. The summed E-state index contributed by atoms with van der Waals surface area (Å²) in [6.45, 7) is 1.53. The van der Waals surface area contributed by atoms with Crippen LogP contribution in [0.1, 0.15) is 5.56 Å². The lowest BCUT2D eigenvalue weighted by Crippen LogP contribution is -1.97. The van der Waals surface area contributed by atoms with E-state index < -0.39 is 12.5 Å². The number of hydrogen-bond donors (Lipinski definition) is 0. The average molecular weight is 307 g/mol. The second-order valence-electron chi connectivity index (χ2n) is 4.37. The summed E-state index contributed by atoms with van der Waals surface area (Å²) < 4.78 is 22.8. The molecular formula is C14H14NO5P. The van der Waals surface area contributed by atoms with Crippen LogP contribution < -0.4 is 4.52 Å². The van der Waals surface area contributed by atoms with Crippen molar-refractivity contribution < 1.29 is 18.5 Å². The molecule has 110 valence electrons. The van der Waals surface area contributed by atoms with Crippen molar-refractivity contribution in [1.29, 1.82) is 0 Å². The second kappa shape index (κ2) is 6.52. The summed E-state index contributed by atoms with van der Waals surface area (Å²) in [4.78, 5) is 10.0. The predicted octanol–water partition coefficient (Wildman–Crippen LogP) is 4.01. The summed E-state index contributed by atoms with van der Waals surface area (Å²) in [5.74, 6) is 0.263. The molecule has 0 N–H and O–H groups in total. The fourth-order valence-electron chi connectivity index (χ4n) is 1.61. The quantitative estimate of drug-likeness (QED) is 0.457. The van der Waals surface area contributed by atoms with Crippen molar-refractivity contribution >= 4 is 13.3 Å². The Bertz CT molecular complexity index is 657. The van der Waals surface area contributed by atoms with Gasteiger partial charge in [-0.3, -0.25) is 14.6 Å². The van der Waals surface area contributed by atoms with Gasteiger partial charge >= 0.3 is 7.60 Å². The molecule has 0 aromatic heterocycles. The van der Waals surface area contributed by atoms with Crippen LogP contribution in [-0.2, 0) is 15.7 Å². The Hall–Kier alpha value is -2.17. The maximum absolute atomic E-state index is 12.2. The van der Waals surface area contributed by atoms with Gasteiger partial charge in [0.15, 0.2) is 0 Å². The molecule has 7 heteroatoms. The molecule has 2 aromatic carbocycles. The Balaban J connectivity index is 1.97. The molecule has 21 heavy (non-hydrogen) atoms. The van der Waals surface area contributed by atoms with E-state index in [9.17, 15) is 14.7 Å². The standard InChI is InChI=1S/C14H14NO5P/c1-21(18,19-11-12-5-3-2-4-6-12)20-14-9-7-13(8-10-14)15(16)17/h2-10H,11H2,1H3/t21-/m0/s1. The van der Waals surface area contributed by atoms with Crippen molar-refractivity contribution in [2.45, 2.75) is 6.61 Å². The van der Waals surface area contributed by atoms with Gasteiger partial charge in [0.1, 0.15) is 5.75 Å². The third-order valence-electron chi connectivity index (χ3n) is 2.63. The molecule has 2 aromatic rings. The van der Waals surface area contributed by atoms with Gasteiger partial charge in [0.05, 0.1) is 11.5 Å². The van der Waals surface area contributed by atoms with Crippen LogP contribution in [0.2, 0.25) is 0 Å². The third-order valence-corrected chi connectivity index (χ3v) is 3.77. The van der Waals surface area contributed by atoms with Gasteiger partial charge in [-0.05, 0) is 17.7 Å². The minimum absolute atomic E-state index is 0.0570. The molecule has 0 unspecified atom stereocenters. The maximum atomic E-state index is 12.2.